The number of nitriles is 1. The Morgan fingerprint density at radius 1 is 1.42 bits per heavy atom. The quantitative estimate of drug-likeness (QED) is 0.844. The second-order valence-corrected chi connectivity index (χ2v) is 4.55. The van der Waals surface area contributed by atoms with E-state index in [1.54, 1.807) is 12.3 Å². The SMILES string of the molecule is Cc1cnc(-c2cccc3c2CC(=O)N3)cc1C#N. The summed E-state index contributed by atoms with van der Waals surface area (Å²) in [5.74, 6) is -0.00457. The number of carbonyl (C=O) groups is 1. The molecule has 1 aromatic heterocycles. The van der Waals surface area contributed by atoms with Gasteiger partial charge < -0.3 is 5.32 Å². The molecule has 1 aromatic carbocycles. The predicted molar refractivity (Wildman–Crippen MR) is 71.5 cm³/mol. The summed E-state index contributed by atoms with van der Waals surface area (Å²) in [6.07, 6.45) is 2.06. The highest BCUT2D eigenvalue weighted by atomic mass is 16.1. The molecule has 0 saturated carbocycles. The van der Waals surface area contributed by atoms with Crippen molar-refractivity contribution in [1.82, 2.24) is 4.98 Å². The van der Waals surface area contributed by atoms with Crippen LogP contribution in [0.15, 0.2) is 30.5 Å². The third kappa shape index (κ3) is 1.85. The van der Waals surface area contributed by atoms with Gasteiger partial charge in [0.25, 0.3) is 0 Å². The maximum absolute atomic E-state index is 11.5. The molecule has 1 aliphatic heterocycles. The van der Waals surface area contributed by atoms with Gasteiger partial charge in [0.15, 0.2) is 0 Å². The molecule has 19 heavy (non-hydrogen) atoms. The summed E-state index contributed by atoms with van der Waals surface area (Å²) in [5, 5.41) is 11.9. The topological polar surface area (TPSA) is 65.8 Å². The van der Waals surface area contributed by atoms with Crippen molar-refractivity contribution in [2.75, 3.05) is 5.32 Å². The molecule has 0 unspecified atom stereocenters. The van der Waals surface area contributed by atoms with E-state index < -0.39 is 0 Å². The van der Waals surface area contributed by atoms with E-state index in [0.29, 0.717) is 12.0 Å². The minimum atomic E-state index is -0.00457. The summed E-state index contributed by atoms with van der Waals surface area (Å²) in [6, 6.07) is 9.62. The smallest absolute Gasteiger partial charge is 0.228 e. The molecule has 0 saturated heterocycles. The van der Waals surface area contributed by atoms with Gasteiger partial charge >= 0.3 is 0 Å². The number of benzene rings is 1. The number of aromatic nitrogens is 1. The molecule has 0 fully saturated rings. The van der Waals surface area contributed by atoms with Crippen molar-refractivity contribution in [2.45, 2.75) is 13.3 Å². The number of nitrogens with one attached hydrogen (secondary N) is 1. The Morgan fingerprint density at radius 2 is 2.26 bits per heavy atom. The number of hydrogen-bond acceptors (Lipinski definition) is 3. The van der Waals surface area contributed by atoms with Crippen LogP contribution < -0.4 is 5.32 Å². The standard InChI is InChI=1S/C15H11N3O/c1-9-8-17-14(5-10(9)7-16)11-3-2-4-13-12(11)6-15(19)18-13/h2-5,8H,6H2,1H3,(H,18,19). The lowest BCUT2D eigenvalue weighted by atomic mass is 10.00. The molecule has 0 spiro atoms. The molecule has 0 aliphatic carbocycles. The van der Waals surface area contributed by atoms with Gasteiger partial charge in [-0.25, -0.2) is 0 Å². The first-order valence-corrected chi connectivity index (χ1v) is 5.98. The van der Waals surface area contributed by atoms with E-state index in [-0.39, 0.29) is 5.91 Å². The predicted octanol–water partition coefficient (Wildman–Crippen LogP) is 2.42. The largest absolute Gasteiger partial charge is 0.326 e. The number of carbonyl (C=O) groups excluding carboxylic acids is 1. The molecule has 1 N–H and O–H groups in total. The van der Waals surface area contributed by atoms with Crippen LogP contribution in [0.5, 0.6) is 0 Å². The lowest BCUT2D eigenvalue weighted by molar-refractivity contribution is -0.115. The Bertz CT molecular complexity index is 729. The maximum Gasteiger partial charge on any atom is 0.228 e. The average Bonchev–Trinajstić information content (AvgIpc) is 2.79. The van der Waals surface area contributed by atoms with Crippen LogP contribution in [0.2, 0.25) is 0 Å². The molecule has 0 atom stereocenters. The summed E-state index contributed by atoms with van der Waals surface area (Å²) in [6.45, 7) is 1.86. The Labute approximate surface area is 110 Å². The van der Waals surface area contributed by atoms with Gasteiger partial charge in [0.05, 0.1) is 23.7 Å². The van der Waals surface area contributed by atoms with Crippen LogP contribution in [-0.2, 0) is 11.2 Å². The lowest BCUT2D eigenvalue weighted by Crippen LogP contribution is -2.03. The van der Waals surface area contributed by atoms with Crippen molar-refractivity contribution in [3.05, 3.63) is 47.2 Å². The van der Waals surface area contributed by atoms with Gasteiger partial charge in [0.2, 0.25) is 5.91 Å². The fraction of sp³-hybridized carbons (Fsp3) is 0.133. The second kappa shape index (κ2) is 4.21. The van der Waals surface area contributed by atoms with Crippen molar-refractivity contribution in [3.8, 4) is 17.3 Å². The van der Waals surface area contributed by atoms with E-state index in [0.717, 1.165) is 28.1 Å². The third-order valence-corrected chi connectivity index (χ3v) is 3.29. The van der Waals surface area contributed by atoms with E-state index in [1.165, 1.54) is 0 Å². The summed E-state index contributed by atoms with van der Waals surface area (Å²) in [5.41, 5.74) is 4.90. The van der Waals surface area contributed by atoms with Crippen molar-refractivity contribution in [1.29, 1.82) is 5.26 Å². The van der Waals surface area contributed by atoms with Gasteiger partial charge in [-0.3, -0.25) is 9.78 Å². The zero-order valence-electron chi connectivity index (χ0n) is 10.4. The maximum atomic E-state index is 11.5. The van der Waals surface area contributed by atoms with Crippen molar-refractivity contribution in [3.63, 3.8) is 0 Å². The molecule has 2 heterocycles. The van der Waals surface area contributed by atoms with E-state index in [1.807, 2.05) is 25.1 Å². The number of hydrogen-bond donors (Lipinski definition) is 1. The fourth-order valence-electron chi connectivity index (χ4n) is 2.28. The molecular formula is C15H11N3O. The highest BCUT2D eigenvalue weighted by Gasteiger charge is 2.21. The van der Waals surface area contributed by atoms with Gasteiger partial charge in [-0.2, -0.15) is 5.26 Å². The number of anilines is 1. The summed E-state index contributed by atoms with van der Waals surface area (Å²) in [7, 11) is 0. The number of fused-ring (bicyclic) bond motifs is 1. The molecule has 3 rings (SSSR count). The van der Waals surface area contributed by atoms with Crippen LogP contribution in [0.1, 0.15) is 16.7 Å². The third-order valence-electron chi connectivity index (χ3n) is 3.29. The fourth-order valence-corrected chi connectivity index (χ4v) is 2.28. The van der Waals surface area contributed by atoms with Crippen molar-refractivity contribution >= 4 is 11.6 Å². The summed E-state index contributed by atoms with van der Waals surface area (Å²) >= 11 is 0. The van der Waals surface area contributed by atoms with E-state index in [9.17, 15) is 4.79 Å². The van der Waals surface area contributed by atoms with E-state index in [4.69, 9.17) is 5.26 Å². The zero-order chi connectivity index (χ0) is 13.4. The monoisotopic (exact) mass is 249 g/mol. The minimum Gasteiger partial charge on any atom is -0.326 e. The molecular weight excluding hydrogens is 238 g/mol. The first-order valence-electron chi connectivity index (χ1n) is 5.98. The van der Waals surface area contributed by atoms with Crippen molar-refractivity contribution in [2.24, 2.45) is 0 Å². The Morgan fingerprint density at radius 3 is 3.05 bits per heavy atom. The van der Waals surface area contributed by atoms with Crippen LogP contribution in [0.3, 0.4) is 0 Å². The van der Waals surface area contributed by atoms with Gasteiger partial charge in [-0.05, 0) is 30.2 Å². The van der Waals surface area contributed by atoms with Crippen LogP contribution in [0, 0.1) is 18.3 Å². The molecule has 0 radical (unpaired) electrons. The van der Waals surface area contributed by atoms with Crippen LogP contribution in [0.25, 0.3) is 11.3 Å². The Hall–Kier alpha value is -2.67. The average molecular weight is 249 g/mol. The number of rotatable bonds is 1. The number of aryl methyl sites for hydroxylation is 1. The van der Waals surface area contributed by atoms with Gasteiger partial charge in [0.1, 0.15) is 0 Å². The van der Waals surface area contributed by atoms with Gasteiger partial charge in [-0.15, -0.1) is 0 Å². The highest BCUT2D eigenvalue weighted by molar-refractivity contribution is 6.01. The Balaban J connectivity index is 2.17. The first kappa shape index (κ1) is 11.4. The molecule has 2 aromatic rings. The molecule has 0 bridgehead atoms. The number of pyridine rings is 1. The zero-order valence-corrected chi connectivity index (χ0v) is 10.4. The molecule has 4 heteroatoms. The number of amides is 1. The molecule has 1 aliphatic rings. The van der Waals surface area contributed by atoms with Crippen LogP contribution >= 0.6 is 0 Å². The second-order valence-electron chi connectivity index (χ2n) is 4.55. The van der Waals surface area contributed by atoms with Gasteiger partial charge in [-0.1, -0.05) is 12.1 Å². The Kier molecular flexibility index (Phi) is 2.53. The van der Waals surface area contributed by atoms with E-state index in [2.05, 4.69) is 16.4 Å². The van der Waals surface area contributed by atoms with Gasteiger partial charge in [0, 0.05) is 17.4 Å². The van der Waals surface area contributed by atoms with Crippen LogP contribution in [-0.4, -0.2) is 10.9 Å². The molecule has 92 valence electrons. The summed E-state index contributed by atoms with van der Waals surface area (Å²) < 4.78 is 0. The molecule has 1 amide bonds. The summed E-state index contributed by atoms with van der Waals surface area (Å²) in [4.78, 5) is 15.8. The van der Waals surface area contributed by atoms with Crippen molar-refractivity contribution < 1.29 is 4.79 Å². The normalized spacial score (nSPS) is 12.7. The number of nitrogens with zero attached hydrogens (tertiary/aromatic N) is 2. The molecule has 4 nitrogen and oxygen atoms in total. The highest BCUT2D eigenvalue weighted by Crippen LogP contribution is 2.32. The minimum absolute atomic E-state index is 0.00457. The van der Waals surface area contributed by atoms with E-state index >= 15 is 0 Å². The lowest BCUT2D eigenvalue weighted by Gasteiger charge is -2.07. The first-order chi connectivity index (χ1) is 9.19. The van der Waals surface area contributed by atoms with Crippen LogP contribution in [0.4, 0.5) is 5.69 Å².